The van der Waals surface area contributed by atoms with Gasteiger partial charge in [-0.05, 0) is 43.7 Å². The molecule has 2 aromatic heterocycles. The van der Waals surface area contributed by atoms with E-state index in [2.05, 4.69) is 5.32 Å². The number of furan rings is 1. The van der Waals surface area contributed by atoms with Gasteiger partial charge in [0.05, 0.1) is 12.4 Å². The number of hydrogen-bond acceptors (Lipinski definition) is 5. The molecule has 160 valence electrons. The molecule has 2 heterocycles. The number of fused-ring (bicyclic) bond motifs is 2. The minimum atomic E-state index is -0.546. The van der Waals surface area contributed by atoms with Crippen LogP contribution in [-0.2, 0) is 11.2 Å². The molecule has 1 unspecified atom stereocenters. The molecule has 30 heavy (non-hydrogen) atoms. The maximum Gasteiger partial charge on any atom is 0.339 e. The molecule has 1 saturated carbocycles. The predicted molar refractivity (Wildman–Crippen MR) is 116 cm³/mol. The van der Waals surface area contributed by atoms with Crippen molar-refractivity contribution in [3.63, 3.8) is 0 Å². The highest BCUT2D eigenvalue weighted by atomic mass is 16.4. The molecule has 4 rings (SSSR count). The highest BCUT2D eigenvalue weighted by Crippen LogP contribution is 2.38. The standard InChI is InChI=1S/C24H29NO5/c1-2-18(26)13-25-23(27)9-8-16-10-17-11-19-20(15-6-4-3-5-7-15)14-29-22(19)12-21(17)30-24(16)28/h10-12,14-15,18,26H,2-9,13H2,1H3,(H,25,27). The van der Waals surface area contributed by atoms with Crippen LogP contribution in [0.3, 0.4) is 0 Å². The molecule has 1 aliphatic carbocycles. The van der Waals surface area contributed by atoms with Crippen molar-refractivity contribution in [3.8, 4) is 0 Å². The molecule has 0 saturated heterocycles. The molecule has 3 aromatic rings. The van der Waals surface area contributed by atoms with E-state index in [-0.39, 0.29) is 18.9 Å². The van der Waals surface area contributed by atoms with E-state index >= 15 is 0 Å². The zero-order valence-corrected chi connectivity index (χ0v) is 17.4. The van der Waals surface area contributed by atoms with Gasteiger partial charge in [-0.2, -0.15) is 0 Å². The number of aliphatic hydroxyl groups excluding tert-OH is 1. The van der Waals surface area contributed by atoms with Gasteiger partial charge in [0.2, 0.25) is 5.91 Å². The number of benzene rings is 1. The van der Waals surface area contributed by atoms with E-state index in [1.807, 2.05) is 25.3 Å². The lowest BCUT2D eigenvalue weighted by atomic mass is 9.84. The lowest BCUT2D eigenvalue weighted by molar-refractivity contribution is -0.121. The fourth-order valence-electron chi connectivity index (χ4n) is 4.32. The van der Waals surface area contributed by atoms with Gasteiger partial charge in [-0.25, -0.2) is 4.79 Å². The first-order valence-electron chi connectivity index (χ1n) is 11.0. The summed E-state index contributed by atoms with van der Waals surface area (Å²) in [6, 6.07) is 5.66. The molecule has 6 heteroatoms. The third kappa shape index (κ3) is 4.43. The first-order valence-corrected chi connectivity index (χ1v) is 11.0. The number of nitrogens with one attached hydrogen (secondary N) is 1. The van der Waals surface area contributed by atoms with Crippen LogP contribution in [-0.4, -0.2) is 23.7 Å². The van der Waals surface area contributed by atoms with Crippen LogP contribution in [0.1, 0.15) is 68.9 Å². The van der Waals surface area contributed by atoms with Crippen LogP contribution in [0.4, 0.5) is 0 Å². The second-order valence-corrected chi connectivity index (χ2v) is 8.34. The third-order valence-corrected chi connectivity index (χ3v) is 6.20. The Bertz CT molecular complexity index is 1090. The van der Waals surface area contributed by atoms with Gasteiger partial charge in [-0.15, -0.1) is 0 Å². The van der Waals surface area contributed by atoms with Gasteiger partial charge < -0.3 is 19.3 Å². The lowest BCUT2D eigenvalue weighted by Crippen LogP contribution is -2.32. The Morgan fingerprint density at radius 1 is 1.20 bits per heavy atom. The number of carbonyl (C=O) groups excluding carboxylic acids is 1. The first kappa shape index (κ1) is 20.7. The van der Waals surface area contributed by atoms with Crippen molar-refractivity contribution in [1.82, 2.24) is 5.32 Å². The van der Waals surface area contributed by atoms with Crippen molar-refractivity contribution in [1.29, 1.82) is 0 Å². The van der Waals surface area contributed by atoms with E-state index in [0.717, 1.165) is 16.4 Å². The van der Waals surface area contributed by atoms with Crippen molar-refractivity contribution < 1.29 is 18.7 Å². The Balaban J connectivity index is 1.56. The molecule has 0 spiro atoms. The molecule has 0 bridgehead atoms. The van der Waals surface area contributed by atoms with Crippen molar-refractivity contribution >= 4 is 27.8 Å². The van der Waals surface area contributed by atoms with E-state index in [1.165, 1.54) is 37.7 Å². The van der Waals surface area contributed by atoms with Crippen LogP contribution < -0.4 is 10.9 Å². The van der Waals surface area contributed by atoms with Gasteiger partial charge >= 0.3 is 5.63 Å². The van der Waals surface area contributed by atoms with Crippen molar-refractivity contribution in [2.24, 2.45) is 0 Å². The Morgan fingerprint density at radius 3 is 2.77 bits per heavy atom. The Morgan fingerprint density at radius 2 is 2.00 bits per heavy atom. The molecular weight excluding hydrogens is 382 g/mol. The largest absolute Gasteiger partial charge is 0.464 e. The normalized spacial score (nSPS) is 16.2. The number of amides is 1. The monoisotopic (exact) mass is 411 g/mol. The SMILES string of the molecule is CCC(O)CNC(=O)CCc1cc2cc3c(C4CCCCC4)coc3cc2oc1=O. The summed E-state index contributed by atoms with van der Waals surface area (Å²) in [6.45, 7) is 2.08. The number of rotatable bonds is 7. The predicted octanol–water partition coefficient (Wildman–Crippen LogP) is 4.41. The molecule has 1 fully saturated rings. The molecule has 1 aliphatic rings. The molecular formula is C24H29NO5. The first-order chi connectivity index (χ1) is 14.5. The molecule has 2 N–H and O–H groups in total. The Labute approximate surface area is 175 Å². The average Bonchev–Trinajstić information content (AvgIpc) is 3.17. The van der Waals surface area contributed by atoms with Gasteiger partial charge in [0.15, 0.2) is 0 Å². The van der Waals surface area contributed by atoms with Crippen LogP contribution >= 0.6 is 0 Å². The molecule has 1 atom stereocenters. The van der Waals surface area contributed by atoms with E-state index in [9.17, 15) is 14.7 Å². The number of aryl methyl sites for hydroxylation is 1. The van der Waals surface area contributed by atoms with Crippen LogP contribution in [0.25, 0.3) is 21.9 Å². The summed E-state index contributed by atoms with van der Waals surface area (Å²) < 4.78 is 11.3. The number of carbonyl (C=O) groups is 1. The second kappa shape index (κ2) is 9.04. The van der Waals surface area contributed by atoms with Crippen LogP contribution in [0.2, 0.25) is 0 Å². The molecule has 1 amide bonds. The highest BCUT2D eigenvalue weighted by molar-refractivity contribution is 5.95. The van der Waals surface area contributed by atoms with Crippen molar-refractivity contribution in [2.45, 2.75) is 70.3 Å². The van der Waals surface area contributed by atoms with E-state index in [1.54, 1.807) is 6.07 Å². The fourth-order valence-corrected chi connectivity index (χ4v) is 4.32. The van der Waals surface area contributed by atoms with Gasteiger partial charge in [-0.1, -0.05) is 26.2 Å². The summed E-state index contributed by atoms with van der Waals surface area (Å²) in [4.78, 5) is 24.4. The number of aliphatic hydroxyl groups is 1. The lowest BCUT2D eigenvalue weighted by Gasteiger charge is -2.20. The summed E-state index contributed by atoms with van der Waals surface area (Å²) in [5.41, 5.74) is 2.54. The van der Waals surface area contributed by atoms with Crippen molar-refractivity contribution in [3.05, 3.63) is 46.0 Å². The van der Waals surface area contributed by atoms with Crippen LogP contribution in [0, 0.1) is 0 Å². The molecule has 1 aromatic carbocycles. The molecule has 0 radical (unpaired) electrons. The maximum atomic E-state index is 12.4. The van der Waals surface area contributed by atoms with Gasteiger partial charge in [0, 0.05) is 40.9 Å². The Kier molecular flexibility index (Phi) is 6.23. The third-order valence-electron chi connectivity index (χ3n) is 6.20. The average molecular weight is 411 g/mol. The minimum absolute atomic E-state index is 0.175. The second-order valence-electron chi connectivity index (χ2n) is 8.34. The number of hydrogen-bond donors (Lipinski definition) is 2. The Hall–Kier alpha value is -2.60. The minimum Gasteiger partial charge on any atom is -0.464 e. The van der Waals surface area contributed by atoms with Crippen LogP contribution in [0.15, 0.2) is 38.1 Å². The molecule has 0 aliphatic heterocycles. The van der Waals surface area contributed by atoms with E-state index in [0.29, 0.717) is 29.9 Å². The zero-order valence-electron chi connectivity index (χ0n) is 17.4. The zero-order chi connectivity index (χ0) is 21.1. The van der Waals surface area contributed by atoms with Crippen LogP contribution in [0.5, 0.6) is 0 Å². The van der Waals surface area contributed by atoms with Crippen molar-refractivity contribution in [2.75, 3.05) is 6.54 Å². The summed E-state index contributed by atoms with van der Waals surface area (Å²) in [6.07, 6.45) is 8.53. The maximum absolute atomic E-state index is 12.4. The fraction of sp³-hybridized carbons (Fsp3) is 0.500. The summed E-state index contributed by atoms with van der Waals surface area (Å²) in [5, 5.41) is 14.2. The van der Waals surface area contributed by atoms with Gasteiger partial charge in [0.1, 0.15) is 11.2 Å². The quantitative estimate of drug-likeness (QED) is 0.562. The topological polar surface area (TPSA) is 92.7 Å². The smallest absolute Gasteiger partial charge is 0.339 e. The summed E-state index contributed by atoms with van der Waals surface area (Å²) in [7, 11) is 0. The van der Waals surface area contributed by atoms with E-state index < -0.39 is 11.7 Å². The highest BCUT2D eigenvalue weighted by Gasteiger charge is 2.21. The summed E-state index contributed by atoms with van der Waals surface area (Å²) in [5.74, 6) is 0.335. The van der Waals surface area contributed by atoms with Gasteiger partial charge in [-0.3, -0.25) is 4.79 Å². The van der Waals surface area contributed by atoms with E-state index in [4.69, 9.17) is 8.83 Å². The summed E-state index contributed by atoms with van der Waals surface area (Å²) >= 11 is 0. The molecule has 6 nitrogen and oxygen atoms in total. The van der Waals surface area contributed by atoms with Gasteiger partial charge in [0.25, 0.3) is 0 Å².